The molecule has 1 aliphatic heterocycles. The molecule has 0 spiro atoms. The molecule has 2 atom stereocenters. The molecular formula is C11H22N2. The molecule has 1 aliphatic carbocycles. The van der Waals surface area contributed by atoms with Crippen LogP contribution in [0.4, 0.5) is 0 Å². The third-order valence-corrected chi connectivity index (χ3v) is 3.77. The summed E-state index contributed by atoms with van der Waals surface area (Å²) in [6.45, 7) is 2.42. The average Bonchev–Trinajstić information content (AvgIpc) is 2.74. The largest absolute Gasteiger partial charge is 0.327 e. The van der Waals surface area contributed by atoms with Gasteiger partial charge < -0.3 is 11.1 Å². The molecular weight excluding hydrogens is 160 g/mol. The molecule has 76 valence electrons. The highest BCUT2D eigenvalue weighted by Crippen LogP contribution is 2.30. The van der Waals surface area contributed by atoms with Crippen LogP contribution in [0, 0.1) is 11.8 Å². The zero-order valence-electron chi connectivity index (χ0n) is 8.47. The fraction of sp³-hybridized carbons (Fsp3) is 1.00. The number of rotatable bonds is 3. The van der Waals surface area contributed by atoms with Crippen molar-refractivity contribution in [3.63, 3.8) is 0 Å². The van der Waals surface area contributed by atoms with E-state index in [1.165, 1.54) is 51.6 Å². The first-order valence-corrected chi connectivity index (χ1v) is 5.82. The predicted molar refractivity (Wildman–Crippen MR) is 55.5 cm³/mol. The molecule has 13 heavy (non-hydrogen) atoms. The highest BCUT2D eigenvalue weighted by Gasteiger charge is 2.25. The maximum atomic E-state index is 6.23. The van der Waals surface area contributed by atoms with Crippen molar-refractivity contribution in [2.45, 2.75) is 44.6 Å². The second kappa shape index (κ2) is 4.43. The van der Waals surface area contributed by atoms with E-state index < -0.39 is 0 Å². The van der Waals surface area contributed by atoms with Crippen molar-refractivity contribution in [2.75, 3.05) is 13.1 Å². The summed E-state index contributed by atoms with van der Waals surface area (Å²) in [5.41, 5.74) is 6.23. The van der Waals surface area contributed by atoms with Crippen LogP contribution in [0.5, 0.6) is 0 Å². The van der Waals surface area contributed by atoms with Crippen molar-refractivity contribution in [3.8, 4) is 0 Å². The second-order valence-electron chi connectivity index (χ2n) is 4.80. The monoisotopic (exact) mass is 182 g/mol. The summed E-state index contributed by atoms with van der Waals surface area (Å²) in [4.78, 5) is 0. The molecule has 2 unspecified atom stereocenters. The summed E-state index contributed by atoms with van der Waals surface area (Å²) < 4.78 is 0. The van der Waals surface area contributed by atoms with Crippen LogP contribution >= 0.6 is 0 Å². The Morgan fingerprint density at radius 2 is 2.00 bits per heavy atom. The second-order valence-corrected chi connectivity index (χ2v) is 4.80. The van der Waals surface area contributed by atoms with Crippen LogP contribution in [-0.2, 0) is 0 Å². The quantitative estimate of drug-likeness (QED) is 0.694. The Hall–Kier alpha value is -0.0800. The average molecular weight is 182 g/mol. The van der Waals surface area contributed by atoms with E-state index in [4.69, 9.17) is 5.73 Å². The molecule has 3 N–H and O–H groups in total. The summed E-state index contributed by atoms with van der Waals surface area (Å²) in [6.07, 6.45) is 8.23. The lowest BCUT2D eigenvalue weighted by Crippen LogP contribution is -2.31. The minimum atomic E-state index is 0.493. The Labute approximate surface area is 81.3 Å². The Bertz CT molecular complexity index is 146. The molecule has 2 rings (SSSR count). The molecule has 2 aliphatic rings. The van der Waals surface area contributed by atoms with Gasteiger partial charge in [0.25, 0.3) is 0 Å². The van der Waals surface area contributed by atoms with Gasteiger partial charge in [0.1, 0.15) is 0 Å². The van der Waals surface area contributed by atoms with E-state index in [2.05, 4.69) is 5.32 Å². The summed E-state index contributed by atoms with van der Waals surface area (Å²) in [6, 6.07) is 0.493. The minimum Gasteiger partial charge on any atom is -0.327 e. The highest BCUT2D eigenvalue weighted by atomic mass is 14.9. The van der Waals surface area contributed by atoms with E-state index in [1.807, 2.05) is 0 Å². The van der Waals surface area contributed by atoms with Crippen molar-refractivity contribution < 1.29 is 0 Å². The molecule has 0 aromatic heterocycles. The summed E-state index contributed by atoms with van der Waals surface area (Å²) in [5.74, 6) is 1.72. The summed E-state index contributed by atoms with van der Waals surface area (Å²) in [7, 11) is 0. The maximum absolute atomic E-state index is 6.23. The lowest BCUT2D eigenvalue weighted by atomic mass is 9.90. The van der Waals surface area contributed by atoms with Crippen LogP contribution in [0.3, 0.4) is 0 Å². The fourth-order valence-corrected chi connectivity index (χ4v) is 2.88. The predicted octanol–water partition coefficient (Wildman–Crippen LogP) is 1.50. The van der Waals surface area contributed by atoms with E-state index in [0.29, 0.717) is 6.04 Å². The lowest BCUT2D eigenvalue weighted by Gasteiger charge is -2.21. The van der Waals surface area contributed by atoms with E-state index in [9.17, 15) is 0 Å². The van der Waals surface area contributed by atoms with Crippen molar-refractivity contribution in [2.24, 2.45) is 17.6 Å². The van der Waals surface area contributed by atoms with Crippen LogP contribution in [0.2, 0.25) is 0 Å². The van der Waals surface area contributed by atoms with Crippen LogP contribution in [-0.4, -0.2) is 19.1 Å². The third-order valence-electron chi connectivity index (χ3n) is 3.77. The van der Waals surface area contributed by atoms with Gasteiger partial charge in [0.15, 0.2) is 0 Å². The first kappa shape index (κ1) is 9.47. The van der Waals surface area contributed by atoms with Gasteiger partial charge in [-0.3, -0.25) is 0 Å². The van der Waals surface area contributed by atoms with Crippen LogP contribution in [0.25, 0.3) is 0 Å². The van der Waals surface area contributed by atoms with Crippen LogP contribution in [0.15, 0.2) is 0 Å². The van der Waals surface area contributed by atoms with Gasteiger partial charge in [-0.05, 0) is 50.6 Å². The fourth-order valence-electron chi connectivity index (χ4n) is 2.88. The van der Waals surface area contributed by atoms with Gasteiger partial charge >= 0.3 is 0 Å². The van der Waals surface area contributed by atoms with Crippen molar-refractivity contribution in [1.82, 2.24) is 5.32 Å². The van der Waals surface area contributed by atoms with E-state index in [0.717, 1.165) is 11.8 Å². The molecule has 0 amide bonds. The highest BCUT2D eigenvalue weighted by molar-refractivity contribution is 4.82. The minimum absolute atomic E-state index is 0.493. The standard InChI is InChI=1S/C11H22N2/c12-11(10-3-1-2-4-10)7-9-5-6-13-8-9/h9-11,13H,1-8,12H2. The molecule has 0 aromatic carbocycles. The van der Waals surface area contributed by atoms with Gasteiger partial charge in [-0.15, -0.1) is 0 Å². The van der Waals surface area contributed by atoms with Crippen LogP contribution < -0.4 is 11.1 Å². The zero-order valence-corrected chi connectivity index (χ0v) is 8.47. The van der Waals surface area contributed by atoms with Gasteiger partial charge in [-0.25, -0.2) is 0 Å². The van der Waals surface area contributed by atoms with Gasteiger partial charge in [0.2, 0.25) is 0 Å². The summed E-state index contributed by atoms with van der Waals surface area (Å²) in [5, 5.41) is 3.41. The Balaban J connectivity index is 1.73. The zero-order chi connectivity index (χ0) is 9.10. The third kappa shape index (κ3) is 2.44. The Kier molecular flexibility index (Phi) is 3.23. The van der Waals surface area contributed by atoms with Gasteiger partial charge in [0.05, 0.1) is 0 Å². The number of nitrogens with two attached hydrogens (primary N) is 1. The van der Waals surface area contributed by atoms with Crippen LogP contribution in [0.1, 0.15) is 38.5 Å². The lowest BCUT2D eigenvalue weighted by molar-refractivity contribution is 0.356. The van der Waals surface area contributed by atoms with E-state index in [1.54, 1.807) is 0 Å². The van der Waals surface area contributed by atoms with Crippen molar-refractivity contribution >= 4 is 0 Å². The molecule has 0 aromatic rings. The molecule has 2 nitrogen and oxygen atoms in total. The molecule has 1 heterocycles. The van der Waals surface area contributed by atoms with E-state index in [-0.39, 0.29) is 0 Å². The van der Waals surface area contributed by atoms with E-state index >= 15 is 0 Å². The smallest absolute Gasteiger partial charge is 0.00702 e. The van der Waals surface area contributed by atoms with Crippen molar-refractivity contribution in [1.29, 1.82) is 0 Å². The number of hydrogen-bond acceptors (Lipinski definition) is 2. The Morgan fingerprint density at radius 1 is 1.23 bits per heavy atom. The summed E-state index contributed by atoms with van der Waals surface area (Å²) >= 11 is 0. The Morgan fingerprint density at radius 3 is 2.62 bits per heavy atom. The van der Waals surface area contributed by atoms with Gasteiger partial charge in [0, 0.05) is 6.04 Å². The molecule has 1 saturated carbocycles. The normalized spacial score (nSPS) is 32.5. The number of nitrogens with one attached hydrogen (secondary N) is 1. The molecule has 2 heteroatoms. The SMILES string of the molecule is NC(CC1CCNC1)C1CCCC1. The topological polar surface area (TPSA) is 38.0 Å². The first-order chi connectivity index (χ1) is 6.36. The van der Waals surface area contributed by atoms with Gasteiger partial charge in [-0.2, -0.15) is 0 Å². The molecule has 1 saturated heterocycles. The number of hydrogen-bond donors (Lipinski definition) is 2. The van der Waals surface area contributed by atoms with Crippen molar-refractivity contribution in [3.05, 3.63) is 0 Å². The maximum Gasteiger partial charge on any atom is 0.00702 e. The first-order valence-electron chi connectivity index (χ1n) is 5.82. The molecule has 2 fully saturated rings. The molecule has 0 radical (unpaired) electrons. The van der Waals surface area contributed by atoms with Gasteiger partial charge in [-0.1, -0.05) is 12.8 Å². The molecule has 0 bridgehead atoms.